The Bertz CT molecular complexity index is 2630. The van der Waals surface area contributed by atoms with Crippen LogP contribution in [0.4, 0.5) is 0 Å². The Hall–Kier alpha value is -6.39. The number of carbonyl (C=O) groups excluding carboxylic acids is 1. The van der Waals surface area contributed by atoms with Crippen molar-refractivity contribution in [2.24, 2.45) is 0 Å². The van der Waals surface area contributed by atoms with Crippen molar-refractivity contribution in [1.29, 1.82) is 0 Å². The molecule has 12 heteroatoms. The van der Waals surface area contributed by atoms with E-state index >= 15 is 0 Å². The molecule has 0 amide bonds. The Morgan fingerprint density at radius 1 is 0.370 bits per heavy atom. The minimum atomic E-state index is -1.30. The van der Waals surface area contributed by atoms with Crippen molar-refractivity contribution >= 4 is 5.97 Å². The van der Waals surface area contributed by atoms with E-state index in [2.05, 4.69) is 0 Å². The standard InChI is InChI=1S/C61H62O12/c62-53-54(66-38-46-26-12-3-13-27-46)51(42-64-36-44-22-8-1-9-23-44)71-61(56(53)67-39-47-28-14-4-15-29-47)73-55-52(43-65-37-45-24-10-2-11-25-45)70-60(69-41-49-32-18-6-19-33-49)58(72-59(63)50-34-20-7-21-35-50)57(55)68-40-48-30-16-5-17-31-48/h1-35,51-58,60-62H,36-43H2/t51-,52-,53+,54+,55-,56-,57+,58-,60-,61+/m1/s1. The molecule has 73 heavy (non-hydrogen) atoms. The fourth-order valence-corrected chi connectivity index (χ4v) is 8.86. The van der Waals surface area contributed by atoms with Gasteiger partial charge in [0, 0.05) is 0 Å². The molecule has 1 N–H and O–H groups in total. The lowest BCUT2D eigenvalue weighted by Gasteiger charge is -2.49. The van der Waals surface area contributed by atoms with Gasteiger partial charge in [0.15, 0.2) is 18.7 Å². The van der Waals surface area contributed by atoms with Crippen LogP contribution in [0.3, 0.4) is 0 Å². The summed E-state index contributed by atoms with van der Waals surface area (Å²) < 4.78 is 67.3. The van der Waals surface area contributed by atoms with E-state index in [-0.39, 0.29) is 52.9 Å². The molecule has 7 aromatic rings. The van der Waals surface area contributed by atoms with Gasteiger partial charge in [0.1, 0.15) is 42.7 Å². The van der Waals surface area contributed by atoms with Crippen LogP contribution in [0.15, 0.2) is 212 Å². The average Bonchev–Trinajstić information content (AvgIpc) is 3.44. The molecule has 7 aromatic carbocycles. The minimum absolute atomic E-state index is 0.00739. The molecule has 10 atom stereocenters. The second-order valence-electron chi connectivity index (χ2n) is 18.0. The summed E-state index contributed by atoms with van der Waals surface area (Å²) in [5.41, 5.74) is 5.76. The Labute approximate surface area is 427 Å². The fourth-order valence-electron chi connectivity index (χ4n) is 8.86. The molecule has 0 unspecified atom stereocenters. The van der Waals surface area contributed by atoms with Crippen LogP contribution < -0.4 is 0 Å². The summed E-state index contributed by atoms with van der Waals surface area (Å²) in [6.45, 7) is 1.08. The zero-order valence-electron chi connectivity index (χ0n) is 40.6. The zero-order chi connectivity index (χ0) is 49.9. The zero-order valence-corrected chi connectivity index (χ0v) is 40.6. The van der Waals surface area contributed by atoms with E-state index in [1.54, 1.807) is 24.3 Å². The third-order valence-electron chi connectivity index (χ3n) is 12.7. The molecule has 2 heterocycles. The fraction of sp³-hybridized carbons (Fsp3) is 0.295. The minimum Gasteiger partial charge on any atom is -0.450 e. The maximum atomic E-state index is 14.3. The molecule has 0 spiro atoms. The number of aliphatic hydroxyl groups excluding tert-OH is 1. The predicted octanol–water partition coefficient (Wildman–Crippen LogP) is 9.81. The van der Waals surface area contributed by atoms with E-state index in [0.717, 1.165) is 33.4 Å². The summed E-state index contributed by atoms with van der Waals surface area (Å²) in [4.78, 5) is 14.3. The summed E-state index contributed by atoms with van der Waals surface area (Å²) in [5, 5.41) is 12.7. The first-order chi connectivity index (χ1) is 36.0. The van der Waals surface area contributed by atoms with Gasteiger partial charge in [0.25, 0.3) is 0 Å². The highest BCUT2D eigenvalue weighted by Crippen LogP contribution is 2.36. The first-order valence-corrected chi connectivity index (χ1v) is 24.8. The number of carbonyl (C=O) groups is 1. The van der Waals surface area contributed by atoms with Crippen molar-refractivity contribution in [3.05, 3.63) is 251 Å². The number of aliphatic hydroxyl groups is 1. The molecule has 0 radical (unpaired) electrons. The largest absolute Gasteiger partial charge is 0.450 e. The second-order valence-corrected chi connectivity index (χ2v) is 18.0. The van der Waals surface area contributed by atoms with E-state index < -0.39 is 67.4 Å². The maximum absolute atomic E-state index is 14.3. The van der Waals surface area contributed by atoms with Crippen molar-refractivity contribution in [2.45, 2.75) is 101 Å². The molecule has 2 fully saturated rings. The van der Waals surface area contributed by atoms with E-state index in [1.165, 1.54) is 0 Å². The number of hydrogen-bond donors (Lipinski definition) is 1. The maximum Gasteiger partial charge on any atom is 0.338 e. The third kappa shape index (κ3) is 14.9. The van der Waals surface area contributed by atoms with Crippen molar-refractivity contribution in [3.63, 3.8) is 0 Å². The second kappa shape index (κ2) is 27.1. The smallest absolute Gasteiger partial charge is 0.338 e. The molecule has 0 bridgehead atoms. The highest BCUT2D eigenvalue weighted by Gasteiger charge is 2.55. The quantitative estimate of drug-likeness (QED) is 0.0579. The number of esters is 1. The third-order valence-corrected chi connectivity index (χ3v) is 12.7. The van der Waals surface area contributed by atoms with Gasteiger partial charge in [-0.25, -0.2) is 4.79 Å². The first kappa shape index (κ1) is 51.5. The van der Waals surface area contributed by atoms with Crippen LogP contribution in [0.5, 0.6) is 0 Å². The normalized spacial score (nSPS) is 23.9. The van der Waals surface area contributed by atoms with Gasteiger partial charge in [0.05, 0.1) is 58.4 Å². The van der Waals surface area contributed by atoms with Gasteiger partial charge in [-0.15, -0.1) is 0 Å². The van der Waals surface area contributed by atoms with Gasteiger partial charge < -0.3 is 52.5 Å². The first-order valence-electron chi connectivity index (χ1n) is 24.8. The van der Waals surface area contributed by atoms with Crippen molar-refractivity contribution in [1.82, 2.24) is 0 Å². The Balaban J connectivity index is 1.09. The molecule has 2 aliphatic rings. The molecule has 9 rings (SSSR count). The molecule has 378 valence electrons. The lowest BCUT2D eigenvalue weighted by atomic mass is 9.96. The highest BCUT2D eigenvalue weighted by atomic mass is 16.8. The highest BCUT2D eigenvalue weighted by molar-refractivity contribution is 5.89. The van der Waals surface area contributed by atoms with Gasteiger partial charge in [-0.05, 0) is 45.5 Å². The van der Waals surface area contributed by atoms with Crippen LogP contribution >= 0.6 is 0 Å². The molecule has 12 nitrogen and oxygen atoms in total. The van der Waals surface area contributed by atoms with Gasteiger partial charge in [-0.1, -0.05) is 200 Å². The molecule has 0 aromatic heterocycles. The van der Waals surface area contributed by atoms with Crippen molar-refractivity contribution in [3.8, 4) is 0 Å². The van der Waals surface area contributed by atoms with Gasteiger partial charge >= 0.3 is 5.97 Å². The van der Waals surface area contributed by atoms with E-state index in [1.807, 2.05) is 188 Å². The Morgan fingerprint density at radius 3 is 1.15 bits per heavy atom. The van der Waals surface area contributed by atoms with E-state index in [0.29, 0.717) is 5.56 Å². The molecule has 2 saturated heterocycles. The Morgan fingerprint density at radius 2 is 0.712 bits per heavy atom. The van der Waals surface area contributed by atoms with Gasteiger partial charge in [0.2, 0.25) is 0 Å². The van der Waals surface area contributed by atoms with Crippen LogP contribution in [-0.4, -0.2) is 85.7 Å². The lowest BCUT2D eigenvalue weighted by Crippen LogP contribution is -2.66. The van der Waals surface area contributed by atoms with Crippen LogP contribution in [0, 0.1) is 0 Å². The molecular formula is C61H62O12. The molecule has 2 aliphatic heterocycles. The summed E-state index contributed by atoms with van der Waals surface area (Å²) in [5.74, 6) is -0.615. The number of ether oxygens (including phenoxy) is 10. The monoisotopic (exact) mass is 986 g/mol. The van der Waals surface area contributed by atoms with Crippen LogP contribution in [0.1, 0.15) is 43.7 Å². The van der Waals surface area contributed by atoms with E-state index in [9.17, 15) is 9.90 Å². The Kier molecular flexibility index (Phi) is 19.1. The summed E-state index contributed by atoms with van der Waals surface area (Å²) in [6, 6.07) is 67.1. The van der Waals surface area contributed by atoms with Crippen molar-refractivity contribution < 1.29 is 57.3 Å². The summed E-state index contributed by atoms with van der Waals surface area (Å²) >= 11 is 0. The van der Waals surface area contributed by atoms with Crippen LogP contribution in [0.25, 0.3) is 0 Å². The molecular weight excluding hydrogens is 925 g/mol. The molecule has 0 saturated carbocycles. The number of hydrogen-bond acceptors (Lipinski definition) is 12. The van der Waals surface area contributed by atoms with Gasteiger partial charge in [-0.2, -0.15) is 0 Å². The lowest BCUT2D eigenvalue weighted by molar-refractivity contribution is -0.372. The summed E-state index contributed by atoms with van der Waals surface area (Å²) in [6.07, 6.45) is -11.0. The summed E-state index contributed by atoms with van der Waals surface area (Å²) in [7, 11) is 0. The van der Waals surface area contributed by atoms with E-state index in [4.69, 9.17) is 47.4 Å². The average molecular weight is 987 g/mol. The number of benzene rings is 7. The van der Waals surface area contributed by atoms with Crippen LogP contribution in [0.2, 0.25) is 0 Å². The predicted molar refractivity (Wildman–Crippen MR) is 272 cm³/mol. The van der Waals surface area contributed by atoms with Gasteiger partial charge in [-0.3, -0.25) is 0 Å². The number of rotatable bonds is 24. The molecule has 0 aliphatic carbocycles. The van der Waals surface area contributed by atoms with Crippen molar-refractivity contribution in [2.75, 3.05) is 13.2 Å². The topological polar surface area (TPSA) is 130 Å². The van der Waals surface area contributed by atoms with Crippen LogP contribution in [-0.2, 0) is 87.0 Å². The SMILES string of the molecule is O=C(O[C@H]1[C@H](OCc2ccccc2)O[C@H](COCc2ccccc2)[C@@H](O[C@@H]2O[C@H](COCc3ccccc3)[C@H](OCc3ccccc3)[C@H](O)[C@H]2OCc2ccccc2)[C@@H]1OCc1ccccc1)c1ccccc1.